The number of carboxylic acid groups (broad SMARTS) is 1. The van der Waals surface area contributed by atoms with E-state index < -0.39 is 5.97 Å². The highest BCUT2D eigenvalue weighted by Gasteiger charge is 2.19. The monoisotopic (exact) mass is 341 g/mol. The Kier molecular flexibility index (Phi) is 4.83. The van der Waals surface area contributed by atoms with Crippen LogP contribution in [0.1, 0.15) is 37.6 Å². The number of fused-ring (bicyclic) bond motifs is 1. The van der Waals surface area contributed by atoms with Gasteiger partial charge in [0.25, 0.3) is 0 Å². The fraction of sp³-hybridized carbons (Fsp3) is 0.375. The standard InChI is InChI=1S/C16H17Cl2NO3/c1-8(2)19-9(3)11(4-5-14(20)21)16(22)15-12(18)6-10(17)7-13(15)19/h6-8H,4-5H2,1-3H3,(H,20,21). The Balaban J connectivity index is 2.88. The average molecular weight is 342 g/mol. The second-order valence-corrected chi connectivity index (χ2v) is 6.38. The van der Waals surface area contributed by atoms with Gasteiger partial charge in [-0.05, 0) is 39.3 Å². The summed E-state index contributed by atoms with van der Waals surface area (Å²) in [5.41, 5.74) is 1.71. The molecule has 0 atom stereocenters. The summed E-state index contributed by atoms with van der Waals surface area (Å²) in [6, 6.07) is 3.34. The molecule has 6 heteroatoms. The van der Waals surface area contributed by atoms with Gasteiger partial charge in [-0.2, -0.15) is 0 Å². The van der Waals surface area contributed by atoms with Gasteiger partial charge in [-0.3, -0.25) is 9.59 Å². The molecule has 0 aliphatic heterocycles. The van der Waals surface area contributed by atoms with Gasteiger partial charge in [0, 0.05) is 28.7 Å². The number of hydrogen-bond acceptors (Lipinski definition) is 2. The van der Waals surface area contributed by atoms with Crippen molar-refractivity contribution >= 4 is 40.1 Å². The van der Waals surface area contributed by atoms with Crippen LogP contribution in [0.3, 0.4) is 0 Å². The summed E-state index contributed by atoms with van der Waals surface area (Å²) in [5, 5.41) is 10.0. The zero-order chi connectivity index (χ0) is 16.6. The van der Waals surface area contributed by atoms with Gasteiger partial charge in [-0.25, -0.2) is 0 Å². The molecule has 0 aliphatic carbocycles. The quantitative estimate of drug-likeness (QED) is 0.905. The molecule has 0 fully saturated rings. The number of aliphatic carboxylic acids is 1. The second-order valence-electron chi connectivity index (χ2n) is 5.53. The topological polar surface area (TPSA) is 59.3 Å². The predicted molar refractivity (Wildman–Crippen MR) is 89.3 cm³/mol. The largest absolute Gasteiger partial charge is 0.481 e. The summed E-state index contributed by atoms with van der Waals surface area (Å²) in [6.45, 7) is 5.81. The van der Waals surface area contributed by atoms with Crippen LogP contribution in [0, 0.1) is 6.92 Å². The summed E-state index contributed by atoms with van der Waals surface area (Å²) in [4.78, 5) is 23.6. The summed E-state index contributed by atoms with van der Waals surface area (Å²) >= 11 is 12.3. The van der Waals surface area contributed by atoms with Crippen molar-refractivity contribution in [1.29, 1.82) is 0 Å². The molecule has 1 N–H and O–H groups in total. The minimum Gasteiger partial charge on any atom is -0.481 e. The Hall–Kier alpha value is -1.52. The molecular formula is C16H17Cl2NO3. The molecule has 0 saturated heterocycles. The Morgan fingerprint density at radius 2 is 1.95 bits per heavy atom. The van der Waals surface area contributed by atoms with E-state index in [1.807, 2.05) is 25.3 Å². The van der Waals surface area contributed by atoms with Crippen molar-refractivity contribution in [2.75, 3.05) is 0 Å². The van der Waals surface area contributed by atoms with E-state index in [0.29, 0.717) is 26.5 Å². The van der Waals surface area contributed by atoms with Gasteiger partial charge in [0.2, 0.25) is 0 Å². The van der Waals surface area contributed by atoms with Crippen LogP contribution in [0.5, 0.6) is 0 Å². The number of halogens is 2. The fourth-order valence-corrected chi connectivity index (χ4v) is 3.38. The van der Waals surface area contributed by atoms with Crippen LogP contribution in [0.2, 0.25) is 10.0 Å². The highest BCUT2D eigenvalue weighted by molar-refractivity contribution is 6.38. The Bertz CT molecular complexity index is 809. The lowest BCUT2D eigenvalue weighted by Crippen LogP contribution is -2.21. The Morgan fingerprint density at radius 1 is 1.32 bits per heavy atom. The molecule has 0 spiro atoms. The van der Waals surface area contributed by atoms with Crippen molar-refractivity contribution in [1.82, 2.24) is 4.57 Å². The van der Waals surface area contributed by atoms with E-state index in [2.05, 4.69) is 0 Å². The summed E-state index contributed by atoms with van der Waals surface area (Å²) in [6.07, 6.45) is 0.0898. The lowest BCUT2D eigenvalue weighted by atomic mass is 10.0. The third-order valence-corrected chi connectivity index (χ3v) is 4.21. The molecule has 0 saturated carbocycles. The van der Waals surface area contributed by atoms with E-state index >= 15 is 0 Å². The van der Waals surface area contributed by atoms with Gasteiger partial charge in [0.05, 0.1) is 15.9 Å². The van der Waals surface area contributed by atoms with Crippen LogP contribution in [0.15, 0.2) is 16.9 Å². The number of aromatic nitrogens is 1. The van der Waals surface area contributed by atoms with E-state index in [1.165, 1.54) is 6.07 Å². The summed E-state index contributed by atoms with van der Waals surface area (Å²) < 4.78 is 1.98. The summed E-state index contributed by atoms with van der Waals surface area (Å²) in [5.74, 6) is -0.933. The minimum atomic E-state index is -0.933. The van der Waals surface area contributed by atoms with Crippen molar-refractivity contribution < 1.29 is 9.90 Å². The Labute approximate surface area is 138 Å². The first-order valence-electron chi connectivity index (χ1n) is 6.98. The maximum absolute atomic E-state index is 12.7. The van der Waals surface area contributed by atoms with Crippen molar-refractivity contribution in [2.45, 2.75) is 39.7 Å². The number of hydrogen-bond donors (Lipinski definition) is 1. The molecule has 0 amide bonds. The van der Waals surface area contributed by atoms with Crippen LogP contribution in [0.25, 0.3) is 10.9 Å². The van der Waals surface area contributed by atoms with Gasteiger partial charge in [-0.1, -0.05) is 23.2 Å². The number of carboxylic acids is 1. The molecule has 4 nitrogen and oxygen atoms in total. The smallest absolute Gasteiger partial charge is 0.303 e. The molecule has 1 aromatic heterocycles. The van der Waals surface area contributed by atoms with Crippen molar-refractivity contribution in [2.24, 2.45) is 0 Å². The number of carbonyl (C=O) groups is 1. The minimum absolute atomic E-state index is 0.0845. The number of benzene rings is 1. The molecule has 0 radical (unpaired) electrons. The van der Waals surface area contributed by atoms with Gasteiger partial charge in [0.15, 0.2) is 5.43 Å². The fourth-order valence-electron chi connectivity index (χ4n) is 2.81. The molecule has 1 aromatic carbocycles. The number of pyridine rings is 1. The molecule has 22 heavy (non-hydrogen) atoms. The first-order chi connectivity index (χ1) is 10.2. The number of nitrogens with zero attached hydrogens (tertiary/aromatic N) is 1. The second kappa shape index (κ2) is 6.31. The highest BCUT2D eigenvalue weighted by atomic mass is 35.5. The lowest BCUT2D eigenvalue weighted by molar-refractivity contribution is -0.136. The van der Waals surface area contributed by atoms with E-state index in [0.717, 1.165) is 5.69 Å². The first-order valence-corrected chi connectivity index (χ1v) is 7.74. The van der Waals surface area contributed by atoms with Gasteiger partial charge >= 0.3 is 5.97 Å². The maximum Gasteiger partial charge on any atom is 0.303 e. The van der Waals surface area contributed by atoms with Gasteiger partial charge < -0.3 is 9.67 Å². The van der Waals surface area contributed by atoms with Crippen LogP contribution in [-0.4, -0.2) is 15.6 Å². The lowest BCUT2D eigenvalue weighted by Gasteiger charge is -2.22. The first kappa shape index (κ1) is 16.8. The maximum atomic E-state index is 12.7. The van der Waals surface area contributed by atoms with Crippen molar-refractivity contribution in [3.63, 3.8) is 0 Å². The van der Waals surface area contributed by atoms with Crippen molar-refractivity contribution in [3.8, 4) is 0 Å². The van der Waals surface area contributed by atoms with Gasteiger partial charge in [-0.15, -0.1) is 0 Å². The van der Waals surface area contributed by atoms with Gasteiger partial charge in [0.1, 0.15) is 0 Å². The van der Waals surface area contributed by atoms with Crippen LogP contribution < -0.4 is 5.43 Å². The zero-order valence-corrected chi connectivity index (χ0v) is 14.1. The van der Waals surface area contributed by atoms with E-state index in [4.69, 9.17) is 28.3 Å². The third-order valence-electron chi connectivity index (χ3n) is 3.70. The SMILES string of the molecule is Cc1c(CCC(=O)O)c(=O)c2c(Cl)cc(Cl)cc2n1C(C)C. The third kappa shape index (κ3) is 2.99. The number of rotatable bonds is 4. The highest BCUT2D eigenvalue weighted by Crippen LogP contribution is 2.29. The van der Waals surface area contributed by atoms with E-state index in [9.17, 15) is 9.59 Å². The van der Waals surface area contributed by atoms with Crippen LogP contribution in [-0.2, 0) is 11.2 Å². The molecule has 0 bridgehead atoms. The van der Waals surface area contributed by atoms with Crippen LogP contribution in [0.4, 0.5) is 0 Å². The van der Waals surface area contributed by atoms with Crippen LogP contribution >= 0.6 is 23.2 Å². The molecule has 2 rings (SSSR count). The van der Waals surface area contributed by atoms with E-state index in [-0.39, 0.29) is 24.3 Å². The zero-order valence-electron chi connectivity index (χ0n) is 12.6. The molecule has 1 heterocycles. The molecule has 2 aromatic rings. The predicted octanol–water partition coefficient (Wildman–Crippen LogP) is 4.21. The molecular weight excluding hydrogens is 325 g/mol. The Morgan fingerprint density at radius 3 is 2.50 bits per heavy atom. The van der Waals surface area contributed by atoms with Crippen molar-refractivity contribution in [3.05, 3.63) is 43.7 Å². The van der Waals surface area contributed by atoms with E-state index in [1.54, 1.807) is 6.07 Å². The molecule has 0 aliphatic rings. The molecule has 118 valence electrons. The average Bonchev–Trinajstić information content (AvgIpc) is 2.36. The normalized spacial score (nSPS) is 11.4. The summed E-state index contributed by atoms with van der Waals surface area (Å²) in [7, 11) is 0. The molecule has 0 unspecified atom stereocenters.